The Labute approximate surface area is 78.6 Å². The number of nitrogens with two attached hydrogens (primary N) is 1. The molecule has 0 spiro atoms. The zero-order chi connectivity index (χ0) is 9.90. The van der Waals surface area contributed by atoms with Gasteiger partial charge in [-0.25, -0.2) is 0 Å². The number of aliphatic hydroxyl groups is 1. The van der Waals surface area contributed by atoms with E-state index in [1.165, 1.54) is 0 Å². The molecule has 0 aromatic carbocycles. The number of aromatic nitrogens is 1. The van der Waals surface area contributed by atoms with Crippen molar-refractivity contribution in [2.24, 2.45) is 5.73 Å². The molecule has 0 fully saturated rings. The molecule has 0 aliphatic carbocycles. The summed E-state index contributed by atoms with van der Waals surface area (Å²) in [6.45, 7) is 3.77. The summed E-state index contributed by atoms with van der Waals surface area (Å²) < 4.78 is 0. The highest BCUT2D eigenvalue weighted by Gasteiger charge is 2.18. The van der Waals surface area contributed by atoms with Gasteiger partial charge in [-0.15, -0.1) is 0 Å². The van der Waals surface area contributed by atoms with E-state index in [1.807, 2.05) is 26.0 Å². The predicted molar refractivity (Wildman–Crippen MR) is 52.4 cm³/mol. The van der Waals surface area contributed by atoms with E-state index in [0.717, 1.165) is 11.3 Å². The molecule has 0 bridgehead atoms. The van der Waals surface area contributed by atoms with Gasteiger partial charge in [-0.1, -0.05) is 6.07 Å². The molecular formula is C10H16N2O. The molecule has 0 aliphatic rings. The van der Waals surface area contributed by atoms with Crippen molar-refractivity contribution in [2.45, 2.75) is 25.8 Å². The second-order valence-electron chi connectivity index (χ2n) is 3.74. The minimum atomic E-state index is -0.548. The Morgan fingerprint density at radius 1 is 1.62 bits per heavy atom. The highest BCUT2D eigenvalue weighted by atomic mass is 16.3. The molecule has 3 N–H and O–H groups in total. The minimum Gasteiger partial charge on any atom is -0.394 e. The van der Waals surface area contributed by atoms with Gasteiger partial charge in [0.2, 0.25) is 0 Å². The lowest BCUT2D eigenvalue weighted by atomic mass is 9.94. The first-order chi connectivity index (χ1) is 6.05. The molecule has 0 saturated heterocycles. The average molecular weight is 180 g/mol. The SMILES string of the molecule is Cc1ncccc1CC(C)(N)CO. The summed E-state index contributed by atoms with van der Waals surface area (Å²) in [4.78, 5) is 4.16. The van der Waals surface area contributed by atoms with Crippen LogP contribution < -0.4 is 5.73 Å². The van der Waals surface area contributed by atoms with Crippen LogP contribution in [0.1, 0.15) is 18.2 Å². The van der Waals surface area contributed by atoms with Crippen LogP contribution in [0.4, 0.5) is 0 Å². The van der Waals surface area contributed by atoms with Gasteiger partial charge in [-0.05, 0) is 31.9 Å². The molecule has 72 valence electrons. The van der Waals surface area contributed by atoms with Crippen molar-refractivity contribution >= 4 is 0 Å². The van der Waals surface area contributed by atoms with Gasteiger partial charge in [0.05, 0.1) is 6.61 Å². The molecule has 3 nitrogen and oxygen atoms in total. The molecule has 3 heteroatoms. The van der Waals surface area contributed by atoms with Gasteiger partial charge in [-0.2, -0.15) is 0 Å². The van der Waals surface area contributed by atoms with Crippen LogP contribution in [0.5, 0.6) is 0 Å². The first kappa shape index (κ1) is 10.2. The van der Waals surface area contributed by atoms with Gasteiger partial charge in [0.1, 0.15) is 0 Å². The van der Waals surface area contributed by atoms with E-state index >= 15 is 0 Å². The first-order valence-electron chi connectivity index (χ1n) is 4.35. The van der Waals surface area contributed by atoms with E-state index in [4.69, 9.17) is 10.8 Å². The predicted octanol–water partition coefficient (Wildman–Crippen LogP) is 0.642. The zero-order valence-corrected chi connectivity index (χ0v) is 8.12. The van der Waals surface area contributed by atoms with Gasteiger partial charge in [0.15, 0.2) is 0 Å². The van der Waals surface area contributed by atoms with Crippen LogP contribution in [0.3, 0.4) is 0 Å². The number of aryl methyl sites for hydroxylation is 1. The summed E-state index contributed by atoms with van der Waals surface area (Å²) >= 11 is 0. The molecule has 0 aliphatic heterocycles. The summed E-state index contributed by atoms with van der Waals surface area (Å²) in [6.07, 6.45) is 2.41. The van der Waals surface area contributed by atoms with Gasteiger partial charge < -0.3 is 10.8 Å². The molecule has 13 heavy (non-hydrogen) atoms. The van der Waals surface area contributed by atoms with Gasteiger partial charge in [-0.3, -0.25) is 4.98 Å². The van der Waals surface area contributed by atoms with Crippen molar-refractivity contribution in [1.29, 1.82) is 0 Å². The summed E-state index contributed by atoms with van der Waals surface area (Å²) in [6, 6.07) is 3.87. The summed E-state index contributed by atoms with van der Waals surface area (Å²) in [5.41, 5.74) is 7.37. The molecule has 1 heterocycles. The first-order valence-corrected chi connectivity index (χ1v) is 4.35. The maximum absolute atomic E-state index is 9.00. The van der Waals surface area contributed by atoms with Crippen LogP contribution in [0.15, 0.2) is 18.3 Å². The Bertz CT molecular complexity index is 284. The van der Waals surface area contributed by atoms with E-state index < -0.39 is 5.54 Å². The van der Waals surface area contributed by atoms with Crippen molar-refractivity contribution < 1.29 is 5.11 Å². The van der Waals surface area contributed by atoms with Crippen LogP contribution in [0.25, 0.3) is 0 Å². The normalized spacial score (nSPS) is 15.4. The van der Waals surface area contributed by atoms with E-state index in [-0.39, 0.29) is 6.61 Å². The van der Waals surface area contributed by atoms with Crippen molar-refractivity contribution in [1.82, 2.24) is 4.98 Å². The van der Waals surface area contributed by atoms with Crippen molar-refractivity contribution in [3.05, 3.63) is 29.6 Å². The molecule has 0 saturated carbocycles. The Morgan fingerprint density at radius 3 is 2.85 bits per heavy atom. The van der Waals surface area contributed by atoms with Crippen molar-refractivity contribution in [3.63, 3.8) is 0 Å². The van der Waals surface area contributed by atoms with Gasteiger partial charge in [0.25, 0.3) is 0 Å². The van der Waals surface area contributed by atoms with Gasteiger partial charge >= 0.3 is 0 Å². The monoisotopic (exact) mass is 180 g/mol. The zero-order valence-electron chi connectivity index (χ0n) is 8.12. The summed E-state index contributed by atoms with van der Waals surface area (Å²) in [7, 11) is 0. The van der Waals surface area contributed by atoms with E-state index in [2.05, 4.69) is 4.98 Å². The van der Waals surface area contributed by atoms with Gasteiger partial charge in [0, 0.05) is 17.4 Å². The molecule has 1 aromatic heterocycles. The molecule has 1 aromatic rings. The van der Waals surface area contributed by atoms with Crippen LogP contribution in [0.2, 0.25) is 0 Å². The number of hydrogen-bond acceptors (Lipinski definition) is 3. The fraction of sp³-hybridized carbons (Fsp3) is 0.500. The lowest BCUT2D eigenvalue weighted by Crippen LogP contribution is -2.42. The Morgan fingerprint density at radius 2 is 2.31 bits per heavy atom. The third-order valence-corrected chi connectivity index (χ3v) is 2.07. The Kier molecular flexibility index (Phi) is 3.01. The number of nitrogens with zero attached hydrogens (tertiary/aromatic N) is 1. The second-order valence-corrected chi connectivity index (χ2v) is 3.74. The fourth-order valence-electron chi connectivity index (χ4n) is 1.20. The lowest BCUT2D eigenvalue weighted by Gasteiger charge is -2.22. The highest BCUT2D eigenvalue weighted by Crippen LogP contribution is 2.12. The van der Waals surface area contributed by atoms with E-state index in [0.29, 0.717) is 6.42 Å². The lowest BCUT2D eigenvalue weighted by molar-refractivity contribution is 0.208. The molecule has 1 unspecified atom stereocenters. The highest BCUT2D eigenvalue weighted by molar-refractivity contribution is 5.20. The number of hydrogen-bond donors (Lipinski definition) is 2. The Balaban J connectivity index is 2.80. The van der Waals surface area contributed by atoms with Crippen LogP contribution in [-0.2, 0) is 6.42 Å². The molecular weight excluding hydrogens is 164 g/mol. The molecule has 1 atom stereocenters. The smallest absolute Gasteiger partial charge is 0.0611 e. The molecule has 0 radical (unpaired) electrons. The number of aliphatic hydroxyl groups excluding tert-OH is 1. The largest absolute Gasteiger partial charge is 0.394 e. The number of pyridine rings is 1. The van der Waals surface area contributed by atoms with Crippen LogP contribution >= 0.6 is 0 Å². The minimum absolute atomic E-state index is 0.0126. The fourth-order valence-corrected chi connectivity index (χ4v) is 1.20. The quantitative estimate of drug-likeness (QED) is 0.717. The second kappa shape index (κ2) is 3.85. The third kappa shape index (κ3) is 2.79. The maximum Gasteiger partial charge on any atom is 0.0611 e. The average Bonchev–Trinajstić information content (AvgIpc) is 2.09. The van der Waals surface area contributed by atoms with Crippen LogP contribution in [-0.4, -0.2) is 22.2 Å². The standard InChI is InChI=1S/C10H16N2O/c1-8-9(4-3-5-12-8)6-10(2,11)7-13/h3-5,13H,6-7,11H2,1-2H3. The van der Waals surface area contributed by atoms with E-state index in [9.17, 15) is 0 Å². The van der Waals surface area contributed by atoms with E-state index in [1.54, 1.807) is 6.20 Å². The maximum atomic E-state index is 9.00. The third-order valence-electron chi connectivity index (χ3n) is 2.07. The molecule has 1 rings (SSSR count). The summed E-state index contributed by atoms with van der Waals surface area (Å²) in [5.74, 6) is 0. The van der Waals surface area contributed by atoms with Crippen LogP contribution in [0, 0.1) is 6.92 Å². The Hall–Kier alpha value is -0.930. The topological polar surface area (TPSA) is 59.1 Å². The summed E-state index contributed by atoms with van der Waals surface area (Å²) in [5, 5.41) is 9.00. The number of rotatable bonds is 3. The van der Waals surface area contributed by atoms with Crippen molar-refractivity contribution in [2.75, 3.05) is 6.61 Å². The van der Waals surface area contributed by atoms with Crippen molar-refractivity contribution in [3.8, 4) is 0 Å². The molecule has 0 amide bonds.